The van der Waals surface area contributed by atoms with E-state index in [-0.39, 0.29) is 0 Å². The van der Waals surface area contributed by atoms with Gasteiger partial charge in [0.1, 0.15) is 0 Å². The van der Waals surface area contributed by atoms with E-state index in [2.05, 4.69) is 9.97 Å². The van der Waals surface area contributed by atoms with Gasteiger partial charge in [0.2, 0.25) is 0 Å². The Labute approximate surface area is 93.9 Å². The number of hydrogen-bond acceptors (Lipinski definition) is 4. The molecular weight excluding hydrogens is 202 g/mol. The fourth-order valence-electron chi connectivity index (χ4n) is 2.34. The predicted octanol–water partition coefficient (Wildman–Crippen LogP) is 2.34. The molecule has 2 N–H and O–H groups in total. The molecule has 4 nitrogen and oxygen atoms in total. The Bertz CT molecular complexity index is 500. The van der Waals surface area contributed by atoms with Gasteiger partial charge in [0.25, 0.3) is 0 Å². The van der Waals surface area contributed by atoms with Crippen molar-refractivity contribution in [2.45, 2.75) is 38.1 Å². The van der Waals surface area contributed by atoms with Crippen LogP contribution in [-0.2, 0) is 6.54 Å². The highest BCUT2D eigenvalue weighted by Gasteiger charge is 2.22. The summed E-state index contributed by atoms with van der Waals surface area (Å²) in [4.78, 5) is 8.71. The fourth-order valence-corrected chi connectivity index (χ4v) is 2.34. The number of hydrogen-bond donors (Lipinski definition) is 1. The van der Waals surface area contributed by atoms with Crippen molar-refractivity contribution in [1.29, 1.82) is 0 Å². The highest BCUT2D eigenvalue weighted by Crippen LogP contribution is 2.34. The minimum absolute atomic E-state index is 0.488. The molecule has 0 bridgehead atoms. The summed E-state index contributed by atoms with van der Waals surface area (Å²) in [5.41, 5.74) is 8.03. The van der Waals surface area contributed by atoms with Crippen LogP contribution in [0.5, 0.6) is 0 Å². The van der Waals surface area contributed by atoms with Gasteiger partial charge in [-0.05, 0) is 24.5 Å². The Morgan fingerprint density at radius 1 is 1.38 bits per heavy atom. The Balaban J connectivity index is 2.01. The van der Waals surface area contributed by atoms with Gasteiger partial charge in [-0.3, -0.25) is 0 Å². The lowest BCUT2D eigenvalue weighted by Crippen LogP contribution is -1.96. The van der Waals surface area contributed by atoms with Gasteiger partial charge in [-0.25, -0.2) is 4.98 Å². The van der Waals surface area contributed by atoms with E-state index in [9.17, 15) is 0 Å². The zero-order valence-electron chi connectivity index (χ0n) is 9.15. The van der Waals surface area contributed by atoms with Crippen LogP contribution in [0.4, 0.5) is 0 Å². The zero-order valence-corrected chi connectivity index (χ0v) is 9.15. The molecule has 1 aliphatic rings. The molecule has 0 radical (unpaired) electrons. The van der Waals surface area contributed by atoms with Gasteiger partial charge < -0.3 is 10.2 Å². The Hall–Kier alpha value is -1.42. The predicted molar refractivity (Wildman–Crippen MR) is 60.9 cm³/mol. The summed E-state index contributed by atoms with van der Waals surface area (Å²) in [6.07, 6.45) is 6.71. The topological polar surface area (TPSA) is 64.9 Å². The molecular formula is C12H15N3O. The maximum atomic E-state index is 5.77. The first-order valence-corrected chi connectivity index (χ1v) is 5.82. The molecule has 16 heavy (non-hydrogen) atoms. The smallest absolute Gasteiger partial charge is 0.200 e. The van der Waals surface area contributed by atoms with E-state index in [1.807, 2.05) is 6.07 Å². The van der Waals surface area contributed by atoms with Crippen LogP contribution in [0.2, 0.25) is 0 Å². The molecule has 1 saturated carbocycles. The van der Waals surface area contributed by atoms with Gasteiger partial charge in [-0.15, -0.1) is 0 Å². The minimum atomic E-state index is 0.488. The van der Waals surface area contributed by atoms with E-state index < -0.39 is 0 Å². The fraction of sp³-hybridized carbons (Fsp3) is 0.500. The van der Waals surface area contributed by atoms with Crippen molar-refractivity contribution in [1.82, 2.24) is 9.97 Å². The summed E-state index contributed by atoms with van der Waals surface area (Å²) in [6, 6.07) is 1.94. The molecule has 2 aromatic heterocycles. The van der Waals surface area contributed by atoms with E-state index in [1.54, 1.807) is 6.20 Å². The molecule has 3 rings (SSSR count). The molecule has 84 valence electrons. The van der Waals surface area contributed by atoms with Gasteiger partial charge in [0, 0.05) is 18.7 Å². The van der Waals surface area contributed by atoms with Gasteiger partial charge in [0.15, 0.2) is 17.1 Å². The average Bonchev–Trinajstić information content (AvgIpc) is 2.96. The van der Waals surface area contributed by atoms with Gasteiger partial charge in [-0.1, -0.05) is 12.8 Å². The molecule has 0 amide bonds. The van der Waals surface area contributed by atoms with Crippen LogP contribution < -0.4 is 5.73 Å². The maximum Gasteiger partial charge on any atom is 0.200 e. The largest absolute Gasteiger partial charge is 0.439 e. The normalized spacial score (nSPS) is 17.3. The third-order valence-electron chi connectivity index (χ3n) is 3.26. The molecule has 0 saturated heterocycles. The summed E-state index contributed by atoms with van der Waals surface area (Å²) in [5, 5.41) is 0. The van der Waals surface area contributed by atoms with Crippen molar-refractivity contribution in [2.75, 3.05) is 0 Å². The lowest BCUT2D eigenvalue weighted by molar-refractivity contribution is 0.474. The quantitative estimate of drug-likeness (QED) is 0.838. The molecule has 0 aromatic carbocycles. The van der Waals surface area contributed by atoms with Crippen molar-refractivity contribution in [2.24, 2.45) is 5.73 Å². The summed E-state index contributed by atoms with van der Waals surface area (Å²) >= 11 is 0. The van der Waals surface area contributed by atoms with Crippen LogP contribution in [0.3, 0.4) is 0 Å². The number of rotatable bonds is 2. The number of fused-ring (bicyclic) bond motifs is 1. The van der Waals surface area contributed by atoms with E-state index in [0.717, 1.165) is 17.0 Å². The van der Waals surface area contributed by atoms with Gasteiger partial charge >= 0.3 is 0 Å². The van der Waals surface area contributed by atoms with Crippen LogP contribution in [-0.4, -0.2) is 9.97 Å². The molecule has 1 aliphatic carbocycles. The maximum absolute atomic E-state index is 5.77. The Morgan fingerprint density at radius 2 is 2.19 bits per heavy atom. The lowest BCUT2D eigenvalue weighted by atomic mass is 10.1. The monoisotopic (exact) mass is 217 g/mol. The van der Waals surface area contributed by atoms with Crippen molar-refractivity contribution < 1.29 is 4.42 Å². The standard InChI is InChI=1S/C12H15N3O/c13-6-8-5-10-11(14-7-8)15-12(16-10)9-3-1-2-4-9/h5,7,9H,1-4,6,13H2. The second kappa shape index (κ2) is 3.87. The van der Waals surface area contributed by atoms with Crippen molar-refractivity contribution in [3.63, 3.8) is 0 Å². The number of nitrogens with zero attached hydrogens (tertiary/aromatic N) is 2. The summed E-state index contributed by atoms with van der Waals surface area (Å²) in [6.45, 7) is 0.488. The third-order valence-corrected chi connectivity index (χ3v) is 3.26. The number of pyridine rings is 1. The Kier molecular flexibility index (Phi) is 2.36. The molecule has 2 heterocycles. The van der Waals surface area contributed by atoms with E-state index in [4.69, 9.17) is 10.2 Å². The molecule has 0 aliphatic heterocycles. The molecule has 0 unspecified atom stereocenters. The van der Waals surface area contributed by atoms with Crippen LogP contribution in [0.1, 0.15) is 43.1 Å². The zero-order chi connectivity index (χ0) is 11.0. The number of aromatic nitrogens is 2. The number of nitrogens with two attached hydrogens (primary N) is 1. The second-order valence-corrected chi connectivity index (χ2v) is 4.40. The minimum Gasteiger partial charge on any atom is -0.439 e. The molecule has 4 heteroatoms. The van der Waals surface area contributed by atoms with Crippen LogP contribution in [0.25, 0.3) is 11.2 Å². The van der Waals surface area contributed by atoms with E-state index >= 15 is 0 Å². The second-order valence-electron chi connectivity index (χ2n) is 4.40. The summed E-state index contributed by atoms with van der Waals surface area (Å²) in [7, 11) is 0. The van der Waals surface area contributed by atoms with Gasteiger partial charge in [-0.2, -0.15) is 4.98 Å². The summed E-state index contributed by atoms with van der Waals surface area (Å²) in [5.74, 6) is 1.35. The average molecular weight is 217 g/mol. The molecule has 1 fully saturated rings. The highest BCUT2D eigenvalue weighted by molar-refractivity contribution is 5.68. The van der Waals surface area contributed by atoms with Crippen molar-refractivity contribution in [3.05, 3.63) is 23.7 Å². The first kappa shape index (κ1) is 9.78. The third kappa shape index (κ3) is 1.59. The van der Waals surface area contributed by atoms with Crippen molar-refractivity contribution >= 4 is 11.2 Å². The van der Waals surface area contributed by atoms with Gasteiger partial charge in [0.05, 0.1) is 0 Å². The number of oxazole rings is 1. The molecule has 2 aromatic rings. The molecule has 0 spiro atoms. The SMILES string of the molecule is NCc1cnc2nc(C3CCCC3)oc2c1. The highest BCUT2D eigenvalue weighted by atomic mass is 16.3. The first-order valence-electron chi connectivity index (χ1n) is 5.82. The van der Waals surface area contributed by atoms with E-state index in [0.29, 0.717) is 18.1 Å². The van der Waals surface area contributed by atoms with Crippen LogP contribution in [0.15, 0.2) is 16.7 Å². The van der Waals surface area contributed by atoms with Crippen LogP contribution >= 0.6 is 0 Å². The first-order chi connectivity index (χ1) is 7.86. The molecule has 0 atom stereocenters. The van der Waals surface area contributed by atoms with Crippen LogP contribution in [0, 0.1) is 0 Å². The van der Waals surface area contributed by atoms with Crippen molar-refractivity contribution in [3.8, 4) is 0 Å². The van der Waals surface area contributed by atoms with E-state index in [1.165, 1.54) is 25.7 Å². The Morgan fingerprint density at radius 3 is 2.94 bits per heavy atom. The summed E-state index contributed by atoms with van der Waals surface area (Å²) < 4.78 is 5.77. The lowest BCUT2D eigenvalue weighted by Gasteiger charge is -2.00.